The van der Waals surface area contributed by atoms with Crippen LogP contribution in [-0.4, -0.2) is 29.0 Å². The summed E-state index contributed by atoms with van der Waals surface area (Å²) in [6, 6.07) is 5.56. The van der Waals surface area contributed by atoms with E-state index in [1.54, 1.807) is 24.7 Å². The van der Waals surface area contributed by atoms with Crippen molar-refractivity contribution in [2.45, 2.75) is 0 Å². The number of amides is 1. The number of nitrogens with zero attached hydrogens (tertiary/aromatic N) is 2. The van der Waals surface area contributed by atoms with Crippen molar-refractivity contribution in [1.29, 1.82) is 0 Å². The molecule has 5 nitrogen and oxygen atoms in total. The molecule has 0 aliphatic carbocycles. The van der Waals surface area contributed by atoms with Gasteiger partial charge in [0.15, 0.2) is 0 Å². The SMILES string of the molecule is O=C(NCCNc1cnccn1)c1cccc(F)c1. The first-order valence-corrected chi connectivity index (χ1v) is 5.79. The number of hydrogen-bond acceptors (Lipinski definition) is 4. The van der Waals surface area contributed by atoms with Crippen LogP contribution in [0.1, 0.15) is 10.4 Å². The lowest BCUT2D eigenvalue weighted by atomic mass is 10.2. The van der Waals surface area contributed by atoms with Crippen LogP contribution in [0.25, 0.3) is 0 Å². The Kier molecular flexibility index (Phi) is 4.39. The molecule has 6 heteroatoms. The molecule has 1 aromatic carbocycles. The molecule has 19 heavy (non-hydrogen) atoms. The first kappa shape index (κ1) is 12.9. The number of rotatable bonds is 5. The van der Waals surface area contributed by atoms with Gasteiger partial charge in [-0.3, -0.25) is 9.78 Å². The molecule has 2 N–H and O–H groups in total. The summed E-state index contributed by atoms with van der Waals surface area (Å²) in [7, 11) is 0. The van der Waals surface area contributed by atoms with E-state index in [0.717, 1.165) is 0 Å². The van der Waals surface area contributed by atoms with Gasteiger partial charge in [0, 0.05) is 31.0 Å². The van der Waals surface area contributed by atoms with Gasteiger partial charge in [-0.05, 0) is 18.2 Å². The lowest BCUT2D eigenvalue weighted by Crippen LogP contribution is -2.28. The highest BCUT2D eigenvalue weighted by atomic mass is 19.1. The summed E-state index contributed by atoms with van der Waals surface area (Å²) in [6.07, 6.45) is 4.75. The molecule has 0 saturated carbocycles. The van der Waals surface area contributed by atoms with E-state index in [-0.39, 0.29) is 5.91 Å². The molecule has 0 aliphatic rings. The molecule has 0 fully saturated rings. The van der Waals surface area contributed by atoms with Gasteiger partial charge >= 0.3 is 0 Å². The Balaban J connectivity index is 1.75. The highest BCUT2D eigenvalue weighted by Gasteiger charge is 2.05. The van der Waals surface area contributed by atoms with Crippen LogP contribution >= 0.6 is 0 Å². The number of benzene rings is 1. The van der Waals surface area contributed by atoms with E-state index in [1.165, 1.54) is 18.2 Å². The van der Waals surface area contributed by atoms with E-state index in [4.69, 9.17) is 0 Å². The van der Waals surface area contributed by atoms with Gasteiger partial charge in [0.25, 0.3) is 5.91 Å². The smallest absolute Gasteiger partial charge is 0.251 e. The molecule has 1 aromatic heterocycles. The molecule has 0 bridgehead atoms. The molecule has 2 rings (SSSR count). The van der Waals surface area contributed by atoms with Gasteiger partial charge in [-0.15, -0.1) is 0 Å². The highest BCUT2D eigenvalue weighted by molar-refractivity contribution is 5.94. The number of aromatic nitrogens is 2. The van der Waals surface area contributed by atoms with Gasteiger partial charge in [-0.1, -0.05) is 6.07 Å². The third-order valence-electron chi connectivity index (χ3n) is 2.37. The lowest BCUT2D eigenvalue weighted by molar-refractivity contribution is 0.0954. The summed E-state index contributed by atoms with van der Waals surface area (Å²) in [5, 5.41) is 5.68. The zero-order valence-corrected chi connectivity index (χ0v) is 10.1. The number of hydrogen-bond donors (Lipinski definition) is 2. The van der Waals surface area contributed by atoms with E-state index < -0.39 is 5.82 Å². The van der Waals surface area contributed by atoms with Gasteiger partial charge in [-0.2, -0.15) is 0 Å². The largest absolute Gasteiger partial charge is 0.367 e. The van der Waals surface area contributed by atoms with Crippen LogP contribution < -0.4 is 10.6 Å². The molecule has 0 saturated heterocycles. The zero-order valence-electron chi connectivity index (χ0n) is 10.1. The molecule has 0 unspecified atom stereocenters. The van der Waals surface area contributed by atoms with Gasteiger partial charge in [0.1, 0.15) is 11.6 Å². The molecule has 1 heterocycles. The Morgan fingerprint density at radius 2 is 2.16 bits per heavy atom. The van der Waals surface area contributed by atoms with Gasteiger partial charge in [-0.25, -0.2) is 9.37 Å². The van der Waals surface area contributed by atoms with Gasteiger partial charge < -0.3 is 10.6 Å². The number of halogens is 1. The lowest BCUT2D eigenvalue weighted by Gasteiger charge is -2.07. The van der Waals surface area contributed by atoms with E-state index in [0.29, 0.717) is 24.5 Å². The molecule has 0 aliphatic heterocycles. The summed E-state index contributed by atoms with van der Waals surface area (Å²) in [5.41, 5.74) is 0.305. The van der Waals surface area contributed by atoms with Crippen LogP contribution in [0.4, 0.5) is 10.2 Å². The van der Waals surface area contributed by atoms with E-state index in [1.807, 2.05) is 0 Å². The third kappa shape index (κ3) is 4.02. The quantitative estimate of drug-likeness (QED) is 0.799. The van der Waals surface area contributed by atoms with Crippen molar-refractivity contribution < 1.29 is 9.18 Å². The van der Waals surface area contributed by atoms with Crippen LogP contribution in [0.5, 0.6) is 0 Å². The van der Waals surface area contributed by atoms with Crippen LogP contribution in [0.2, 0.25) is 0 Å². The van der Waals surface area contributed by atoms with Crippen molar-refractivity contribution >= 4 is 11.7 Å². The maximum atomic E-state index is 12.9. The Hall–Kier alpha value is -2.50. The molecule has 0 radical (unpaired) electrons. The Morgan fingerprint density at radius 1 is 1.26 bits per heavy atom. The van der Waals surface area contributed by atoms with Gasteiger partial charge in [0.05, 0.1) is 6.20 Å². The fourth-order valence-electron chi connectivity index (χ4n) is 1.49. The van der Waals surface area contributed by atoms with Crippen molar-refractivity contribution in [1.82, 2.24) is 15.3 Å². The normalized spacial score (nSPS) is 9.95. The maximum absolute atomic E-state index is 12.9. The summed E-state index contributed by atoms with van der Waals surface area (Å²) in [5.74, 6) is -0.0896. The average Bonchev–Trinajstić information content (AvgIpc) is 2.44. The molecular weight excluding hydrogens is 247 g/mol. The Morgan fingerprint density at radius 3 is 2.89 bits per heavy atom. The second-order valence-electron chi connectivity index (χ2n) is 3.78. The number of carbonyl (C=O) groups excluding carboxylic acids is 1. The minimum absolute atomic E-state index is 0.305. The summed E-state index contributed by atoms with van der Waals surface area (Å²) >= 11 is 0. The first-order valence-electron chi connectivity index (χ1n) is 5.79. The molecule has 0 spiro atoms. The average molecular weight is 260 g/mol. The summed E-state index contributed by atoms with van der Waals surface area (Å²) in [4.78, 5) is 19.6. The molecule has 2 aromatic rings. The minimum atomic E-state index is -0.426. The molecule has 1 amide bonds. The number of anilines is 1. The number of carbonyl (C=O) groups is 1. The Labute approximate surface area is 109 Å². The first-order chi connectivity index (χ1) is 9.25. The van der Waals surface area contributed by atoms with Crippen LogP contribution in [0.15, 0.2) is 42.9 Å². The van der Waals surface area contributed by atoms with Crippen molar-refractivity contribution in [3.63, 3.8) is 0 Å². The topological polar surface area (TPSA) is 66.9 Å². The molecular formula is C13H13FN4O. The van der Waals surface area contributed by atoms with Crippen molar-refractivity contribution in [2.24, 2.45) is 0 Å². The summed E-state index contributed by atoms with van der Waals surface area (Å²) < 4.78 is 12.9. The minimum Gasteiger partial charge on any atom is -0.367 e. The number of nitrogens with one attached hydrogen (secondary N) is 2. The monoisotopic (exact) mass is 260 g/mol. The van der Waals surface area contributed by atoms with Crippen molar-refractivity contribution in [3.05, 3.63) is 54.2 Å². The fraction of sp³-hybridized carbons (Fsp3) is 0.154. The predicted molar refractivity (Wildman–Crippen MR) is 69.3 cm³/mol. The van der Waals surface area contributed by atoms with E-state index >= 15 is 0 Å². The van der Waals surface area contributed by atoms with Gasteiger partial charge in [0.2, 0.25) is 0 Å². The fourth-order valence-corrected chi connectivity index (χ4v) is 1.49. The Bertz CT molecular complexity index is 547. The third-order valence-corrected chi connectivity index (χ3v) is 2.37. The highest BCUT2D eigenvalue weighted by Crippen LogP contribution is 2.02. The van der Waals surface area contributed by atoms with E-state index in [2.05, 4.69) is 20.6 Å². The standard InChI is InChI=1S/C13H13FN4O/c14-11-3-1-2-10(8-11)13(19)18-7-6-17-12-9-15-4-5-16-12/h1-5,8-9H,6-7H2,(H,16,17)(H,18,19). The van der Waals surface area contributed by atoms with Crippen LogP contribution in [0, 0.1) is 5.82 Å². The zero-order chi connectivity index (χ0) is 13.5. The van der Waals surface area contributed by atoms with Crippen LogP contribution in [-0.2, 0) is 0 Å². The summed E-state index contributed by atoms with van der Waals surface area (Å²) in [6.45, 7) is 0.922. The maximum Gasteiger partial charge on any atom is 0.251 e. The predicted octanol–water partition coefficient (Wildman–Crippen LogP) is 1.46. The molecule has 0 atom stereocenters. The second kappa shape index (κ2) is 6.44. The molecule has 98 valence electrons. The van der Waals surface area contributed by atoms with E-state index in [9.17, 15) is 9.18 Å². The van der Waals surface area contributed by atoms with Crippen LogP contribution in [0.3, 0.4) is 0 Å². The van der Waals surface area contributed by atoms with Crippen molar-refractivity contribution in [2.75, 3.05) is 18.4 Å². The second-order valence-corrected chi connectivity index (χ2v) is 3.78. The van der Waals surface area contributed by atoms with Crippen molar-refractivity contribution in [3.8, 4) is 0 Å².